The maximum absolute atomic E-state index is 12.5. The van der Waals surface area contributed by atoms with Crippen LogP contribution >= 0.6 is 15.9 Å². The summed E-state index contributed by atoms with van der Waals surface area (Å²) < 4.78 is 4.19. The van der Waals surface area contributed by atoms with Crippen LogP contribution in [0.4, 0.5) is 5.69 Å². The van der Waals surface area contributed by atoms with Gasteiger partial charge in [-0.3, -0.25) is 4.79 Å². The van der Waals surface area contributed by atoms with E-state index < -0.39 is 0 Å². The number of amides is 1. The molecular weight excluding hydrogens is 410 g/mol. The number of para-hydroxylation sites is 2. The van der Waals surface area contributed by atoms with E-state index in [-0.39, 0.29) is 12.3 Å². The molecule has 9 heteroatoms. The number of halogens is 1. The van der Waals surface area contributed by atoms with Crippen LogP contribution in [0.15, 0.2) is 47.2 Å². The van der Waals surface area contributed by atoms with Crippen molar-refractivity contribution in [1.82, 2.24) is 29.4 Å². The van der Waals surface area contributed by atoms with Gasteiger partial charge < -0.3 is 5.32 Å². The number of hydrogen-bond acceptors (Lipinski definition) is 5. The second-order valence-electron chi connectivity index (χ2n) is 6.12. The molecule has 0 aliphatic rings. The molecule has 0 radical (unpaired) electrons. The Balaban J connectivity index is 1.56. The summed E-state index contributed by atoms with van der Waals surface area (Å²) in [5.74, 6) is 0.712. The molecule has 3 heterocycles. The first-order chi connectivity index (χ1) is 13.0. The second kappa shape index (κ2) is 6.92. The Bertz CT molecular complexity index is 1150. The Kier molecular flexibility index (Phi) is 4.44. The summed E-state index contributed by atoms with van der Waals surface area (Å²) in [6, 6.07) is 9.38. The fourth-order valence-corrected chi connectivity index (χ4v) is 3.12. The molecular formula is C18H16BrN7O. The lowest BCUT2D eigenvalue weighted by atomic mass is 10.2. The average molecular weight is 426 g/mol. The third-order valence-corrected chi connectivity index (χ3v) is 4.37. The maximum Gasteiger partial charge on any atom is 0.252 e. The number of benzene rings is 1. The Hall–Kier alpha value is -3.07. The SMILES string of the molecule is Cc1cc(C)n2nc(CC(=O)Nc3ccccc3-n3cc(Br)cn3)nc2n1. The number of nitrogens with zero attached hydrogens (tertiary/aromatic N) is 6. The van der Waals surface area contributed by atoms with Crippen LogP contribution in [0, 0.1) is 13.8 Å². The van der Waals surface area contributed by atoms with Crippen LogP contribution in [0.25, 0.3) is 11.5 Å². The molecule has 8 nitrogen and oxygen atoms in total. The fraction of sp³-hybridized carbons (Fsp3) is 0.167. The number of nitrogens with one attached hydrogen (secondary N) is 1. The minimum absolute atomic E-state index is 0.0545. The van der Waals surface area contributed by atoms with Gasteiger partial charge in [-0.25, -0.2) is 14.2 Å². The highest BCUT2D eigenvalue weighted by molar-refractivity contribution is 9.10. The maximum atomic E-state index is 12.5. The van der Waals surface area contributed by atoms with Crippen LogP contribution in [-0.4, -0.2) is 35.3 Å². The molecule has 0 saturated heterocycles. The van der Waals surface area contributed by atoms with E-state index in [4.69, 9.17) is 0 Å². The normalized spacial score (nSPS) is 11.1. The van der Waals surface area contributed by atoms with E-state index in [0.29, 0.717) is 17.3 Å². The Labute approximate surface area is 163 Å². The van der Waals surface area contributed by atoms with Crippen molar-refractivity contribution in [1.29, 1.82) is 0 Å². The van der Waals surface area contributed by atoms with Crippen LogP contribution in [-0.2, 0) is 11.2 Å². The van der Waals surface area contributed by atoms with Gasteiger partial charge in [-0.15, -0.1) is 5.10 Å². The summed E-state index contributed by atoms with van der Waals surface area (Å²) >= 11 is 3.38. The Morgan fingerprint density at radius 2 is 2.04 bits per heavy atom. The first-order valence-corrected chi connectivity index (χ1v) is 9.08. The molecule has 0 aliphatic heterocycles. The standard InChI is InChI=1S/C18H16BrN7O/c1-11-7-12(2)26-18(21-11)23-16(24-26)8-17(27)22-14-5-3-4-6-15(14)25-10-13(19)9-20-25/h3-7,9-10H,8H2,1-2H3,(H,22,27). The second-order valence-corrected chi connectivity index (χ2v) is 7.04. The molecule has 0 bridgehead atoms. The third-order valence-electron chi connectivity index (χ3n) is 3.96. The summed E-state index contributed by atoms with van der Waals surface area (Å²) in [7, 11) is 0. The summed E-state index contributed by atoms with van der Waals surface area (Å²) in [6.45, 7) is 3.83. The monoisotopic (exact) mass is 425 g/mol. The van der Waals surface area contributed by atoms with Crippen LogP contribution in [0.5, 0.6) is 0 Å². The minimum Gasteiger partial charge on any atom is -0.324 e. The molecule has 0 spiro atoms. The molecule has 27 heavy (non-hydrogen) atoms. The molecule has 0 fully saturated rings. The predicted molar refractivity (Wildman–Crippen MR) is 104 cm³/mol. The van der Waals surface area contributed by atoms with Crippen molar-refractivity contribution in [3.63, 3.8) is 0 Å². The van der Waals surface area contributed by atoms with Gasteiger partial charge in [0.15, 0.2) is 5.82 Å². The summed E-state index contributed by atoms with van der Waals surface area (Å²) in [5.41, 5.74) is 3.22. The minimum atomic E-state index is -0.209. The lowest BCUT2D eigenvalue weighted by Gasteiger charge is -2.10. The topological polar surface area (TPSA) is 90.0 Å². The Morgan fingerprint density at radius 1 is 1.22 bits per heavy atom. The summed E-state index contributed by atoms with van der Waals surface area (Å²) in [6.07, 6.45) is 3.57. The van der Waals surface area contributed by atoms with Crippen LogP contribution in [0.2, 0.25) is 0 Å². The van der Waals surface area contributed by atoms with E-state index in [1.165, 1.54) is 0 Å². The molecule has 0 unspecified atom stereocenters. The van der Waals surface area contributed by atoms with Gasteiger partial charge in [0.1, 0.15) is 0 Å². The lowest BCUT2D eigenvalue weighted by Crippen LogP contribution is -2.17. The number of rotatable bonds is 4. The van der Waals surface area contributed by atoms with Gasteiger partial charge in [0.2, 0.25) is 5.91 Å². The summed E-state index contributed by atoms with van der Waals surface area (Å²) in [5, 5.41) is 11.6. The van der Waals surface area contributed by atoms with Gasteiger partial charge in [-0.05, 0) is 48.0 Å². The number of carbonyl (C=O) groups is 1. The highest BCUT2D eigenvalue weighted by atomic mass is 79.9. The van der Waals surface area contributed by atoms with Gasteiger partial charge in [-0.1, -0.05) is 12.1 Å². The highest BCUT2D eigenvalue weighted by Gasteiger charge is 2.14. The molecule has 0 aliphatic carbocycles. The fourth-order valence-electron chi connectivity index (χ4n) is 2.83. The van der Waals surface area contributed by atoms with Gasteiger partial charge in [-0.2, -0.15) is 10.1 Å². The number of aryl methyl sites for hydroxylation is 2. The van der Waals surface area contributed by atoms with Gasteiger partial charge >= 0.3 is 0 Å². The summed E-state index contributed by atoms with van der Waals surface area (Å²) in [4.78, 5) is 21.2. The molecule has 0 atom stereocenters. The number of anilines is 1. The van der Waals surface area contributed by atoms with Gasteiger partial charge in [0.25, 0.3) is 5.78 Å². The smallest absolute Gasteiger partial charge is 0.252 e. The Morgan fingerprint density at radius 3 is 2.81 bits per heavy atom. The zero-order chi connectivity index (χ0) is 19.0. The molecule has 3 aromatic heterocycles. The van der Waals surface area contributed by atoms with Crippen molar-refractivity contribution in [2.45, 2.75) is 20.3 Å². The molecule has 1 N–H and O–H groups in total. The van der Waals surface area contributed by atoms with E-state index in [1.54, 1.807) is 15.4 Å². The van der Waals surface area contributed by atoms with Crippen LogP contribution < -0.4 is 5.32 Å². The zero-order valence-corrected chi connectivity index (χ0v) is 16.3. The largest absolute Gasteiger partial charge is 0.324 e. The van der Waals surface area contributed by atoms with E-state index in [2.05, 4.69) is 41.4 Å². The predicted octanol–water partition coefficient (Wildman–Crippen LogP) is 2.87. The quantitative estimate of drug-likeness (QED) is 0.542. The zero-order valence-electron chi connectivity index (χ0n) is 14.7. The van der Waals surface area contributed by atoms with Gasteiger partial charge in [0.05, 0.1) is 28.5 Å². The third kappa shape index (κ3) is 3.59. The molecule has 4 aromatic rings. The van der Waals surface area contributed by atoms with Gasteiger partial charge in [0, 0.05) is 17.6 Å². The van der Waals surface area contributed by atoms with Crippen molar-refractivity contribution >= 4 is 33.3 Å². The molecule has 1 aromatic carbocycles. The molecule has 136 valence electrons. The molecule has 0 saturated carbocycles. The van der Waals surface area contributed by atoms with E-state index in [1.807, 2.05) is 50.4 Å². The van der Waals surface area contributed by atoms with Crippen molar-refractivity contribution in [3.8, 4) is 5.69 Å². The van der Waals surface area contributed by atoms with Crippen LogP contribution in [0.3, 0.4) is 0 Å². The van der Waals surface area contributed by atoms with Crippen LogP contribution in [0.1, 0.15) is 17.2 Å². The number of carbonyl (C=O) groups excluding carboxylic acids is 1. The van der Waals surface area contributed by atoms with E-state index in [0.717, 1.165) is 21.5 Å². The van der Waals surface area contributed by atoms with Crippen molar-refractivity contribution in [2.24, 2.45) is 0 Å². The highest BCUT2D eigenvalue weighted by Crippen LogP contribution is 2.21. The molecule has 1 amide bonds. The van der Waals surface area contributed by atoms with Crippen molar-refractivity contribution in [2.75, 3.05) is 5.32 Å². The first-order valence-electron chi connectivity index (χ1n) is 8.29. The van der Waals surface area contributed by atoms with E-state index >= 15 is 0 Å². The van der Waals surface area contributed by atoms with Crippen molar-refractivity contribution < 1.29 is 4.79 Å². The first kappa shape index (κ1) is 17.3. The number of fused-ring (bicyclic) bond motifs is 1. The molecule has 4 rings (SSSR count). The average Bonchev–Trinajstić information content (AvgIpc) is 3.21. The lowest BCUT2D eigenvalue weighted by molar-refractivity contribution is -0.115. The van der Waals surface area contributed by atoms with E-state index in [9.17, 15) is 4.79 Å². The number of hydrogen-bond donors (Lipinski definition) is 1. The number of aromatic nitrogens is 6. The van der Waals surface area contributed by atoms with Crippen molar-refractivity contribution in [3.05, 3.63) is 64.4 Å².